The third-order valence-corrected chi connectivity index (χ3v) is 1.43. The summed E-state index contributed by atoms with van der Waals surface area (Å²) in [4.78, 5) is 32.2. The number of amides is 3. The van der Waals surface area contributed by atoms with E-state index in [1.54, 1.807) is 0 Å². The maximum Gasteiger partial charge on any atom is 0.328 e. The largest absolute Gasteiger partial charge is 0.467 e. The van der Waals surface area contributed by atoms with Crippen LogP contribution in [-0.4, -0.2) is 31.1 Å². The normalized spacial score (nSPS) is 22.6. The van der Waals surface area contributed by atoms with Crippen molar-refractivity contribution in [1.82, 2.24) is 10.6 Å². The quantitative estimate of drug-likeness (QED) is 0.484. The molecule has 0 saturated carbocycles. The molecule has 1 atom stereocenters. The molecule has 0 spiro atoms. The number of imide groups is 1. The maximum atomic E-state index is 10.8. The third-order valence-electron chi connectivity index (χ3n) is 1.43. The first-order valence-corrected chi connectivity index (χ1v) is 3.31. The summed E-state index contributed by atoms with van der Waals surface area (Å²) < 4.78 is 4.35. The molecule has 1 fully saturated rings. The fourth-order valence-electron chi connectivity index (χ4n) is 0.893. The molecule has 0 aromatic carbocycles. The predicted molar refractivity (Wildman–Crippen MR) is 37.1 cm³/mol. The van der Waals surface area contributed by atoms with Gasteiger partial charge in [0.15, 0.2) is 0 Å². The first-order valence-electron chi connectivity index (χ1n) is 3.31. The number of hydrogen-bond donors (Lipinski definition) is 2. The zero-order valence-corrected chi connectivity index (χ0v) is 6.42. The zero-order chi connectivity index (χ0) is 9.14. The average molecular weight is 172 g/mol. The molecule has 0 aromatic rings. The van der Waals surface area contributed by atoms with Crippen LogP contribution in [-0.2, 0) is 14.3 Å². The van der Waals surface area contributed by atoms with Crippen molar-refractivity contribution in [3.05, 3.63) is 0 Å². The van der Waals surface area contributed by atoms with E-state index in [0.717, 1.165) is 0 Å². The van der Waals surface area contributed by atoms with E-state index < -0.39 is 23.9 Å². The Morgan fingerprint density at radius 1 is 1.58 bits per heavy atom. The second-order valence-electron chi connectivity index (χ2n) is 2.30. The number of urea groups is 1. The van der Waals surface area contributed by atoms with E-state index in [-0.39, 0.29) is 6.42 Å². The Hall–Kier alpha value is -1.59. The summed E-state index contributed by atoms with van der Waals surface area (Å²) in [7, 11) is 1.20. The summed E-state index contributed by atoms with van der Waals surface area (Å²) in [5, 5.41) is 4.24. The standard InChI is InChI=1S/C6H8N2O4/c1-12-5(10)3-2-4(9)8-6(11)7-3/h3H,2H2,1H3,(H2,7,8,9,11)/t3-/m1/s1. The lowest BCUT2D eigenvalue weighted by Crippen LogP contribution is -2.55. The van der Waals surface area contributed by atoms with Gasteiger partial charge in [0.1, 0.15) is 6.04 Å². The molecular weight excluding hydrogens is 164 g/mol. The lowest BCUT2D eigenvalue weighted by atomic mass is 10.2. The Bertz CT molecular complexity index is 222. The molecule has 0 aromatic heterocycles. The molecule has 1 saturated heterocycles. The van der Waals surface area contributed by atoms with Gasteiger partial charge in [0, 0.05) is 0 Å². The molecule has 1 heterocycles. The number of hydrogen-bond acceptors (Lipinski definition) is 4. The molecule has 0 radical (unpaired) electrons. The highest BCUT2D eigenvalue weighted by atomic mass is 16.5. The SMILES string of the molecule is COC(=O)[C@H]1CC(=O)NC(=O)N1. The van der Waals surface area contributed by atoms with E-state index in [2.05, 4.69) is 10.1 Å². The van der Waals surface area contributed by atoms with Crippen LogP contribution in [0.25, 0.3) is 0 Å². The van der Waals surface area contributed by atoms with E-state index in [9.17, 15) is 14.4 Å². The van der Waals surface area contributed by atoms with E-state index in [1.165, 1.54) is 7.11 Å². The molecule has 2 N–H and O–H groups in total. The highest BCUT2D eigenvalue weighted by Crippen LogP contribution is 1.99. The maximum absolute atomic E-state index is 10.8. The van der Waals surface area contributed by atoms with Gasteiger partial charge in [-0.2, -0.15) is 0 Å². The average Bonchev–Trinajstić information content (AvgIpc) is 2.01. The van der Waals surface area contributed by atoms with Crippen LogP contribution in [0.5, 0.6) is 0 Å². The molecule has 6 nitrogen and oxygen atoms in total. The Labute approximate surface area is 68.3 Å². The first kappa shape index (κ1) is 8.51. The van der Waals surface area contributed by atoms with Crippen LogP contribution >= 0.6 is 0 Å². The zero-order valence-electron chi connectivity index (χ0n) is 6.42. The van der Waals surface area contributed by atoms with Gasteiger partial charge in [-0.1, -0.05) is 0 Å². The van der Waals surface area contributed by atoms with Gasteiger partial charge in [-0.25, -0.2) is 9.59 Å². The Morgan fingerprint density at radius 2 is 2.25 bits per heavy atom. The highest BCUT2D eigenvalue weighted by Gasteiger charge is 2.29. The fraction of sp³-hybridized carbons (Fsp3) is 0.500. The molecule has 0 bridgehead atoms. The van der Waals surface area contributed by atoms with Crippen LogP contribution < -0.4 is 10.6 Å². The van der Waals surface area contributed by atoms with E-state index in [1.807, 2.05) is 5.32 Å². The number of esters is 1. The van der Waals surface area contributed by atoms with Crippen molar-refractivity contribution in [3.8, 4) is 0 Å². The summed E-state index contributed by atoms with van der Waals surface area (Å²) in [5.41, 5.74) is 0. The monoisotopic (exact) mass is 172 g/mol. The van der Waals surface area contributed by atoms with Gasteiger partial charge in [0.2, 0.25) is 5.91 Å². The van der Waals surface area contributed by atoms with Crippen molar-refractivity contribution in [2.45, 2.75) is 12.5 Å². The number of rotatable bonds is 1. The Kier molecular flexibility index (Phi) is 2.27. The second kappa shape index (κ2) is 3.21. The summed E-state index contributed by atoms with van der Waals surface area (Å²) in [5.74, 6) is -1.09. The molecule has 6 heteroatoms. The molecule has 12 heavy (non-hydrogen) atoms. The number of carbonyl (C=O) groups is 3. The molecule has 0 unspecified atom stereocenters. The van der Waals surface area contributed by atoms with Gasteiger partial charge >= 0.3 is 12.0 Å². The van der Waals surface area contributed by atoms with Crippen LogP contribution in [0.15, 0.2) is 0 Å². The minimum absolute atomic E-state index is 0.0710. The van der Waals surface area contributed by atoms with Gasteiger partial charge in [-0.15, -0.1) is 0 Å². The van der Waals surface area contributed by atoms with Crippen molar-refractivity contribution in [3.63, 3.8) is 0 Å². The van der Waals surface area contributed by atoms with Crippen LogP contribution in [0.1, 0.15) is 6.42 Å². The number of carbonyl (C=O) groups excluding carboxylic acids is 3. The lowest BCUT2D eigenvalue weighted by Gasteiger charge is -2.20. The topological polar surface area (TPSA) is 84.5 Å². The molecule has 3 amide bonds. The molecule has 1 aliphatic rings. The number of methoxy groups -OCH3 is 1. The van der Waals surface area contributed by atoms with Gasteiger partial charge in [-0.05, 0) is 0 Å². The summed E-state index contributed by atoms with van der Waals surface area (Å²) >= 11 is 0. The summed E-state index contributed by atoms with van der Waals surface area (Å²) in [6, 6.07) is -1.52. The van der Waals surface area contributed by atoms with Crippen molar-refractivity contribution in [2.24, 2.45) is 0 Å². The fourth-order valence-corrected chi connectivity index (χ4v) is 0.893. The van der Waals surface area contributed by atoms with Crippen LogP contribution in [0.4, 0.5) is 4.79 Å². The van der Waals surface area contributed by atoms with Gasteiger partial charge in [0.05, 0.1) is 13.5 Å². The van der Waals surface area contributed by atoms with Crippen LogP contribution in [0, 0.1) is 0 Å². The van der Waals surface area contributed by atoms with Crippen molar-refractivity contribution >= 4 is 17.9 Å². The minimum Gasteiger partial charge on any atom is -0.467 e. The molecule has 66 valence electrons. The summed E-state index contributed by atoms with van der Waals surface area (Å²) in [6.07, 6.45) is -0.0710. The van der Waals surface area contributed by atoms with Crippen molar-refractivity contribution in [2.75, 3.05) is 7.11 Å². The highest BCUT2D eigenvalue weighted by molar-refractivity contribution is 6.01. The lowest BCUT2D eigenvalue weighted by molar-refractivity contribution is -0.145. The van der Waals surface area contributed by atoms with Gasteiger partial charge < -0.3 is 10.1 Å². The van der Waals surface area contributed by atoms with E-state index in [4.69, 9.17) is 0 Å². The van der Waals surface area contributed by atoms with Gasteiger partial charge in [0.25, 0.3) is 0 Å². The van der Waals surface area contributed by atoms with E-state index >= 15 is 0 Å². The van der Waals surface area contributed by atoms with Crippen LogP contribution in [0.3, 0.4) is 0 Å². The van der Waals surface area contributed by atoms with Crippen LogP contribution in [0.2, 0.25) is 0 Å². The minimum atomic E-state index is -0.851. The van der Waals surface area contributed by atoms with Crippen molar-refractivity contribution < 1.29 is 19.1 Å². The number of nitrogens with one attached hydrogen (secondary N) is 2. The van der Waals surface area contributed by atoms with Crippen molar-refractivity contribution in [1.29, 1.82) is 0 Å². The molecule has 1 aliphatic heterocycles. The Balaban J connectivity index is 2.61. The number of ether oxygens (including phenoxy) is 1. The Morgan fingerprint density at radius 3 is 2.75 bits per heavy atom. The van der Waals surface area contributed by atoms with Gasteiger partial charge in [-0.3, -0.25) is 10.1 Å². The second-order valence-corrected chi connectivity index (χ2v) is 2.30. The smallest absolute Gasteiger partial charge is 0.328 e. The molecule has 0 aliphatic carbocycles. The first-order chi connectivity index (χ1) is 5.63. The van der Waals surface area contributed by atoms with E-state index in [0.29, 0.717) is 0 Å². The third kappa shape index (κ3) is 1.71. The molecular formula is C6H8N2O4. The predicted octanol–water partition coefficient (Wildman–Crippen LogP) is -1.24. The molecule has 1 rings (SSSR count). The summed E-state index contributed by atoms with van der Waals surface area (Å²) in [6.45, 7) is 0.